The summed E-state index contributed by atoms with van der Waals surface area (Å²) in [5, 5.41) is 0. The van der Waals surface area contributed by atoms with Crippen molar-refractivity contribution in [2.75, 3.05) is 4.72 Å². The number of hydrogen-bond donors (Lipinski definition) is 1. The molecule has 0 radical (unpaired) electrons. The number of sulfone groups is 1. The number of halogens is 3. The summed E-state index contributed by atoms with van der Waals surface area (Å²) in [6.45, 7) is 0. The van der Waals surface area contributed by atoms with Gasteiger partial charge in [-0.3, -0.25) is 4.72 Å². The van der Waals surface area contributed by atoms with Gasteiger partial charge in [0.15, 0.2) is 0 Å². The highest BCUT2D eigenvalue weighted by Gasteiger charge is 2.26. The van der Waals surface area contributed by atoms with Gasteiger partial charge in [0.05, 0.1) is 9.23 Å². The van der Waals surface area contributed by atoms with Crippen LogP contribution >= 0.6 is 22.9 Å². The smallest absolute Gasteiger partial charge is 0.279 e. The van der Waals surface area contributed by atoms with Crippen LogP contribution in [0.3, 0.4) is 0 Å². The van der Waals surface area contributed by atoms with Crippen molar-refractivity contribution >= 4 is 48.5 Å². The Labute approximate surface area is 134 Å². The van der Waals surface area contributed by atoms with Crippen LogP contribution in [0, 0.1) is 0 Å². The Morgan fingerprint density at radius 1 is 1.00 bits per heavy atom. The van der Waals surface area contributed by atoms with Crippen LogP contribution in [-0.2, 0) is 19.9 Å². The van der Waals surface area contributed by atoms with Crippen molar-refractivity contribution in [1.82, 2.24) is 0 Å². The summed E-state index contributed by atoms with van der Waals surface area (Å²) in [5.41, 5.74) is 0.0396. The number of nitrogens with one attached hydrogen (secondary N) is 1. The summed E-state index contributed by atoms with van der Waals surface area (Å²) in [4.78, 5) is -0.593. The van der Waals surface area contributed by atoms with Gasteiger partial charge in [-0.05, 0) is 36.4 Å². The molecule has 0 bridgehead atoms. The minimum Gasteiger partial charge on any atom is -0.279 e. The molecule has 0 amide bonds. The van der Waals surface area contributed by atoms with E-state index in [0.717, 1.165) is 35.6 Å². The number of benzene rings is 1. The summed E-state index contributed by atoms with van der Waals surface area (Å²) >= 11 is 6.50. The van der Waals surface area contributed by atoms with Crippen LogP contribution in [0.1, 0.15) is 0 Å². The van der Waals surface area contributed by atoms with Crippen LogP contribution in [0.25, 0.3) is 0 Å². The molecule has 0 saturated carbocycles. The van der Waals surface area contributed by atoms with E-state index >= 15 is 0 Å². The zero-order valence-electron chi connectivity index (χ0n) is 10.5. The standard InChI is InChI=1S/C11H8ClF2NO4S3/c12-9-5-6-10(20-9)22(18,19)15-7-1-3-8(4-2-7)21(16,17)11(13)14/h1-6,11,15H. The lowest BCUT2D eigenvalue weighted by molar-refractivity contribution is 0.234. The average molecular weight is 388 g/mol. The lowest BCUT2D eigenvalue weighted by Crippen LogP contribution is -2.13. The van der Waals surface area contributed by atoms with E-state index in [-0.39, 0.29) is 9.90 Å². The third kappa shape index (κ3) is 3.57. The van der Waals surface area contributed by atoms with Gasteiger partial charge in [0, 0.05) is 5.69 Å². The third-order valence-electron chi connectivity index (χ3n) is 2.48. The first-order valence-electron chi connectivity index (χ1n) is 5.53. The number of sulfonamides is 1. The molecule has 1 heterocycles. The molecule has 0 aliphatic carbocycles. The fraction of sp³-hybridized carbons (Fsp3) is 0.0909. The first-order chi connectivity index (χ1) is 10.1. The molecular formula is C11H8ClF2NO4S3. The van der Waals surface area contributed by atoms with E-state index in [1.54, 1.807) is 0 Å². The van der Waals surface area contributed by atoms with E-state index in [9.17, 15) is 25.6 Å². The van der Waals surface area contributed by atoms with E-state index < -0.39 is 30.5 Å². The Balaban J connectivity index is 2.26. The van der Waals surface area contributed by atoms with Gasteiger partial charge in [-0.2, -0.15) is 8.78 Å². The normalized spacial score (nSPS) is 12.5. The molecular weight excluding hydrogens is 380 g/mol. The molecule has 0 saturated heterocycles. The molecule has 120 valence electrons. The maximum Gasteiger partial charge on any atom is 0.341 e. The van der Waals surface area contributed by atoms with E-state index in [4.69, 9.17) is 11.6 Å². The first-order valence-corrected chi connectivity index (χ1v) is 9.75. The van der Waals surface area contributed by atoms with E-state index in [1.165, 1.54) is 12.1 Å². The fourth-order valence-electron chi connectivity index (χ4n) is 1.46. The molecule has 0 aliphatic rings. The van der Waals surface area contributed by atoms with E-state index in [1.807, 2.05) is 0 Å². The first kappa shape index (κ1) is 17.1. The van der Waals surface area contributed by atoms with Crippen molar-refractivity contribution in [3.63, 3.8) is 0 Å². The van der Waals surface area contributed by atoms with E-state index in [0.29, 0.717) is 4.34 Å². The van der Waals surface area contributed by atoms with Gasteiger partial charge in [-0.1, -0.05) is 11.6 Å². The van der Waals surface area contributed by atoms with Crippen LogP contribution < -0.4 is 4.72 Å². The Kier molecular flexibility index (Phi) is 4.76. The van der Waals surface area contributed by atoms with Crippen LogP contribution in [0.5, 0.6) is 0 Å². The molecule has 0 spiro atoms. The van der Waals surface area contributed by atoms with Crippen molar-refractivity contribution in [3.8, 4) is 0 Å². The zero-order valence-corrected chi connectivity index (χ0v) is 13.7. The van der Waals surface area contributed by atoms with Gasteiger partial charge in [0.2, 0.25) is 9.84 Å². The van der Waals surface area contributed by atoms with Crippen molar-refractivity contribution in [3.05, 3.63) is 40.7 Å². The van der Waals surface area contributed by atoms with Crippen molar-refractivity contribution in [2.45, 2.75) is 14.9 Å². The number of alkyl halides is 2. The molecule has 11 heteroatoms. The molecule has 0 fully saturated rings. The Morgan fingerprint density at radius 3 is 2.05 bits per heavy atom. The van der Waals surface area contributed by atoms with Gasteiger partial charge in [-0.15, -0.1) is 11.3 Å². The molecule has 22 heavy (non-hydrogen) atoms. The Hall–Kier alpha value is -1.23. The van der Waals surface area contributed by atoms with Crippen molar-refractivity contribution in [1.29, 1.82) is 0 Å². The number of rotatable bonds is 5. The Morgan fingerprint density at radius 2 is 1.59 bits per heavy atom. The van der Waals surface area contributed by atoms with Gasteiger partial charge < -0.3 is 0 Å². The molecule has 0 unspecified atom stereocenters. The molecule has 5 nitrogen and oxygen atoms in total. The number of thiophene rings is 1. The van der Waals surface area contributed by atoms with Crippen molar-refractivity contribution in [2.24, 2.45) is 0 Å². The van der Waals surface area contributed by atoms with Gasteiger partial charge in [-0.25, -0.2) is 16.8 Å². The predicted molar refractivity (Wildman–Crippen MR) is 79.8 cm³/mol. The molecule has 1 aromatic carbocycles. The molecule has 2 aromatic rings. The number of hydrogen-bond acceptors (Lipinski definition) is 5. The molecule has 0 atom stereocenters. The van der Waals surface area contributed by atoms with Crippen molar-refractivity contribution < 1.29 is 25.6 Å². The highest BCUT2D eigenvalue weighted by Crippen LogP contribution is 2.27. The van der Waals surface area contributed by atoms with Gasteiger partial charge in [0.25, 0.3) is 10.0 Å². The monoisotopic (exact) mass is 387 g/mol. The largest absolute Gasteiger partial charge is 0.341 e. The highest BCUT2D eigenvalue weighted by molar-refractivity contribution is 7.94. The average Bonchev–Trinajstić information content (AvgIpc) is 2.86. The minimum atomic E-state index is -4.71. The van der Waals surface area contributed by atoms with Gasteiger partial charge in [0.1, 0.15) is 4.21 Å². The van der Waals surface area contributed by atoms with Crippen LogP contribution in [0.4, 0.5) is 14.5 Å². The third-order valence-corrected chi connectivity index (χ3v) is 6.99. The van der Waals surface area contributed by atoms with E-state index in [2.05, 4.69) is 4.72 Å². The maximum absolute atomic E-state index is 12.4. The summed E-state index contributed by atoms with van der Waals surface area (Å²) in [6, 6.07) is 6.70. The molecule has 1 N–H and O–H groups in total. The summed E-state index contributed by atoms with van der Waals surface area (Å²) < 4.78 is 73.7. The SMILES string of the molecule is O=S(=O)(Nc1ccc(S(=O)(=O)C(F)F)cc1)c1ccc(Cl)s1. The summed E-state index contributed by atoms with van der Waals surface area (Å²) in [5.74, 6) is -3.54. The Bertz CT molecular complexity index is 876. The highest BCUT2D eigenvalue weighted by atomic mass is 35.5. The molecule has 0 aliphatic heterocycles. The van der Waals surface area contributed by atoms with Crippen LogP contribution in [-0.4, -0.2) is 22.6 Å². The van der Waals surface area contributed by atoms with Crippen LogP contribution in [0.2, 0.25) is 4.34 Å². The minimum absolute atomic E-state index is 0.0261. The second-order valence-corrected chi connectivity index (χ2v) is 9.54. The lowest BCUT2D eigenvalue weighted by Gasteiger charge is -2.07. The second kappa shape index (κ2) is 6.11. The lowest BCUT2D eigenvalue weighted by atomic mass is 10.3. The summed E-state index contributed by atoms with van der Waals surface area (Å²) in [6.07, 6.45) is 0. The molecule has 2 rings (SSSR count). The quantitative estimate of drug-likeness (QED) is 0.854. The number of anilines is 1. The molecule has 1 aromatic heterocycles. The second-order valence-electron chi connectivity index (χ2n) is 3.99. The van der Waals surface area contributed by atoms with Crippen LogP contribution in [0.15, 0.2) is 45.5 Å². The predicted octanol–water partition coefficient (Wildman–Crippen LogP) is 3.20. The van der Waals surface area contributed by atoms with Gasteiger partial charge >= 0.3 is 5.76 Å². The topological polar surface area (TPSA) is 80.3 Å². The zero-order chi connectivity index (χ0) is 16.5. The fourth-order valence-corrected chi connectivity index (χ4v) is 4.73. The summed E-state index contributed by atoms with van der Waals surface area (Å²) in [7, 11) is -8.58. The maximum atomic E-state index is 12.4.